The van der Waals surface area contributed by atoms with Gasteiger partial charge in [-0.15, -0.1) is 0 Å². The van der Waals surface area contributed by atoms with Crippen LogP contribution in [-0.4, -0.2) is 26.9 Å². The van der Waals surface area contributed by atoms with Gasteiger partial charge in [0.1, 0.15) is 5.82 Å². The minimum Gasteiger partial charge on any atom is -0.311 e. The molecule has 1 aromatic rings. The van der Waals surface area contributed by atoms with Crippen molar-refractivity contribution in [3.63, 3.8) is 0 Å². The minimum absolute atomic E-state index is 0.00963. The van der Waals surface area contributed by atoms with Crippen LogP contribution in [0.25, 0.3) is 0 Å². The Kier molecular flexibility index (Phi) is 4.01. The molecule has 0 aromatic carbocycles. The molecule has 5 heteroatoms. The van der Waals surface area contributed by atoms with Gasteiger partial charge in [0.2, 0.25) is 0 Å². The van der Waals surface area contributed by atoms with Gasteiger partial charge in [-0.3, -0.25) is 4.57 Å². The standard InChI is InChI=1S/C13H22N4O/c1-10(2)14-8-11(3)9-17-13(18)16-7-5-4-6-12(16)15-17/h10,14H,3-9H2,1-2H3. The number of hydrogen-bond donors (Lipinski definition) is 1. The lowest BCUT2D eigenvalue weighted by Gasteiger charge is -2.10. The van der Waals surface area contributed by atoms with Crippen LogP contribution < -0.4 is 11.0 Å². The lowest BCUT2D eigenvalue weighted by atomic mass is 10.2. The van der Waals surface area contributed by atoms with E-state index in [4.69, 9.17) is 0 Å². The molecule has 1 aliphatic heterocycles. The molecule has 2 heterocycles. The molecule has 18 heavy (non-hydrogen) atoms. The van der Waals surface area contributed by atoms with Gasteiger partial charge in [-0.25, -0.2) is 9.48 Å². The number of aromatic nitrogens is 3. The summed E-state index contributed by atoms with van der Waals surface area (Å²) < 4.78 is 3.34. The number of nitrogens with one attached hydrogen (secondary N) is 1. The Morgan fingerprint density at radius 1 is 1.50 bits per heavy atom. The average molecular weight is 250 g/mol. The number of aryl methyl sites for hydroxylation is 1. The van der Waals surface area contributed by atoms with Gasteiger partial charge in [0, 0.05) is 25.6 Å². The van der Waals surface area contributed by atoms with Gasteiger partial charge in [-0.2, -0.15) is 5.10 Å². The maximum atomic E-state index is 12.1. The van der Waals surface area contributed by atoms with Gasteiger partial charge in [0.25, 0.3) is 0 Å². The molecular formula is C13H22N4O. The molecule has 0 amide bonds. The first-order chi connectivity index (χ1) is 8.58. The van der Waals surface area contributed by atoms with E-state index in [0.29, 0.717) is 12.6 Å². The van der Waals surface area contributed by atoms with Crippen molar-refractivity contribution < 1.29 is 0 Å². The summed E-state index contributed by atoms with van der Waals surface area (Å²) in [5.41, 5.74) is 0.997. The van der Waals surface area contributed by atoms with Gasteiger partial charge >= 0.3 is 5.69 Å². The first-order valence-corrected chi connectivity index (χ1v) is 6.64. The third-order valence-corrected chi connectivity index (χ3v) is 3.17. The number of hydrogen-bond acceptors (Lipinski definition) is 3. The van der Waals surface area contributed by atoms with Crippen LogP contribution in [0.4, 0.5) is 0 Å². The van der Waals surface area contributed by atoms with E-state index in [0.717, 1.165) is 43.7 Å². The highest BCUT2D eigenvalue weighted by Gasteiger charge is 2.16. The van der Waals surface area contributed by atoms with E-state index in [1.165, 1.54) is 0 Å². The van der Waals surface area contributed by atoms with Gasteiger partial charge in [0.05, 0.1) is 6.54 Å². The first-order valence-electron chi connectivity index (χ1n) is 6.64. The van der Waals surface area contributed by atoms with E-state index in [1.807, 2.05) is 0 Å². The lowest BCUT2D eigenvalue weighted by molar-refractivity contribution is 0.511. The molecular weight excluding hydrogens is 228 g/mol. The Morgan fingerprint density at radius 2 is 2.28 bits per heavy atom. The van der Waals surface area contributed by atoms with Crippen molar-refractivity contribution in [3.05, 3.63) is 28.5 Å². The second-order valence-electron chi connectivity index (χ2n) is 5.25. The molecule has 100 valence electrons. The van der Waals surface area contributed by atoms with Crippen molar-refractivity contribution in [1.82, 2.24) is 19.7 Å². The Morgan fingerprint density at radius 3 is 2.94 bits per heavy atom. The molecule has 0 saturated heterocycles. The third kappa shape index (κ3) is 2.90. The molecule has 0 atom stereocenters. The maximum absolute atomic E-state index is 12.1. The van der Waals surface area contributed by atoms with E-state index in [1.54, 1.807) is 9.25 Å². The van der Waals surface area contributed by atoms with E-state index < -0.39 is 0 Å². The molecule has 0 aliphatic carbocycles. The minimum atomic E-state index is 0.00963. The molecule has 0 saturated carbocycles. The Balaban J connectivity index is 2.03. The number of rotatable bonds is 5. The molecule has 0 fully saturated rings. The maximum Gasteiger partial charge on any atom is 0.346 e. The predicted molar refractivity (Wildman–Crippen MR) is 71.7 cm³/mol. The SMILES string of the molecule is C=C(CNC(C)C)Cn1nc2n(c1=O)CCCC2. The van der Waals surface area contributed by atoms with E-state index in [9.17, 15) is 4.79 Å². The topological polar surface area (TPSA) is 51.9 Å². The lowest BCUT2D eigenvalue weighted by Crippen LogP contribution is -2.30. The van der Waals surface area contributed by atoms with Gasteiger partial charge in [-0.1, -0.05) is 20.4 Å². The largest absolute Gasteiger partial charge is 0.346 e. The van der Waals surface area contributed by atoms with Crippen LogP contribution in [0.5, 0.6) is 0 Å². The molecule has 5 nitrogen and oxygen atoms in total. The van der Waals surface area contributed by atoms with Gasteiger partial charge in [0.15, 0.2) is 0 Å². The van der Waals surface area contributed by atoms with Crippen molar-refractivity contribution in [2.45, 2.75) is 52.2 Å². The second-order valence-corrected chi connectivity index (χ2v) is 5.25. The molecule has 0 unspecified atom stereocenters. The van der Waals surface area contributed by atoms with Crippen molar-refractivity contribution >= 4 is 0 Å². The Bertz CT molecular complexity index is 484. The molecule has 1 aromatic heterocycles. The smallest absolute Gasteiger partial charge is 0.311 e. The Hall–Kier alpha value is -1.36. The van der Waals surface area contributed by atoms with Crippen LogP contribution in [0.3, 0.4) is 0 Å². The number of fused-ring (bicyclic) bond motifs is 1. The van der Waals surface area contributed by atoms with Crippen LogP contribution in [0.15, 0.2) is 16.9 Å². The van der Waals surface area contributed by atoms with Crippen LogP contribution >= 0.6 is 0 Å². The Labute approximate surface area is 107 Å². The first kappa shape index (κ1) is 13.1. The van der Waals surface area contributed by atoms with E-state index in [-0.39, 0.29) is 5.69 Å². The highest BCUT2D eigenvalue weighted by Crippen LogP contribution is 2.09. The summed E-state index contributed by atoms with van der Waals surface area (Å²) in [6.07, 6.45) is 3.12. The molecule has 1 aliphatic rings. The highest BCUT2D eigenvalue weighted by atomic mass is 16.2. The molecule has 0 bridgehead atoms. The van der Waals surface area contributed by atoms with Gasteiger partial charge < -0.3 is 5.32 Å². The van der Waals surface area contributed by atoms with Crippen LogP contribution in [0.1, 0.15) is 32.5 Å². The van der Waals surface area contributed by atoms with Gasteiger partial charge in [-0.05, 0) is 18.4 Å². The second kappa shape index (κ2) is 5.52. The highest BCUT2D eigenvalue weighted by molar-refractivity contribution is 4.99. The molecule has 0 radical (unpaired) electrons. The predicted octanol–water partition coefficient (Wildman–Crippen LogP) is 0.935. The zero-order valence-electron chi connectivity index (χ0n) is 11.3. The van der Waals surface area contributed by atoms with Crippen LogP contribution in [0.2, 0.25) is 0 Å². The summed E-state index contributed by atoms with van der Waals surface area (Å²) >= 11 is 0. The normalized spacial score (nSPS) is 14.8. The van der Waals surface area contributed by atoms with Crippen LogP contribution in [-0.2, 0) is 19.5 Å². The fraction of sp³-hybridized carbons (Fsp3) is 0.692. The molecule has 2 rings (SSSR count). The van der Waals surface area contributed by atoms with Crippen molar-refractivity contribution in [2.75, 3.05) is 6.54 Å². The monoisotopic (exact) mass is 250 g/mol. The van der Waals surface area contributed by atoms with Crippen molar-refractivity contribution in [3.8, 4) is 0 Å². The summed E-state index contributed by atoms with van der Waals surface area (Å²) in [7, 11) is 0. The molecule has 1 N–H and O–H groups in total. The van der Waals surface area contributed by atoms with Crippen molar-refractivity contribution in [2.24, 2.45) is 0 Å². The summed E-state index contributed by atoms with van der Waals surface area (Å²) in [5.74, 6) is 0.927. The summed E-state index contributed by atoms with van der Waals surface area (Å²) in [6, 6.07) is 0.425. The van der Waals surface area contributed by atoms with E-state index in [2.05, 4.69) is 30.8 Å². The quantitative estimate of drug-likeness (QED) is 0.791. The fourth-order valence-corrected chi connectivity index (χ4v) is 2.17. The zero-order valence-corrected chi connectivity index (χ0v) is 11.3. The summed E-state index contributed by atoms with van der Waals surface area (Å²) in [6.45, 7) is 10.2. The number of nitrogens with zero attached hydrogens (tertiary/aromatic N) is 3. The average Bonchev–Trinajstić information content (AvgIpc) is 2.65. The van der Waals surface area contributed by atoms with Crippen LogP contribution in [0, 0.1) is 0 Å². The summed E-state index contributed by atoms with van der Waals surface area (Å²) in [5, 5.41) is 7.69. The third-order valence-electron chi connectivity index (χ3n) is 3.17. The van der Waals surface area contributed by atoms with Crippen molar-refractivity contribution in [1.29, 1.82) is 0 Å². The fourth-order valence-electron chi connectivity index (χ4n) is 2.17. The molecule has 0 spiro atoms. The zero-order chi connectivity index (χ0) is 13.1. The summed E-state index contributed by atoms with van der Waals surface area (Å²) in [4.78, 5) is 12.1. The van der Waals surface area contributed by atoms with E-state index >= 15 is 0 Å².